The smallest absolute Gasteiger partial charge is 0.306 e. The second-order valence-corrected chi connectivity index (χ2v) is 4.08. The van der Waals surface area contributed by atoms with Crippen molar-refractivity contribution in [2.45, 2.75) is 13.0 Å². The number of carbonyl (C=O) groups is 1. The number of benzene rings is 1. The summed E-state index contributed by atoms with van der Waals surface area (Å²) >= 11 is 11.8. The van der Waals surface area contributed by atoms with E-state index in [0.29, 0.717) is 29.6 Å². The van der Waals surface area contributed by atoms with Crippen LogP contribution in [0.1, 0.15) is 12.0 Å². The number of hydrogen-bond acceptors (Lipinski definition) is 3. The molecule has 0 fully saturated rings. The molecule has 0 aliphatic carbocycles. The highest BCUT2D eigenvalue weighted by Gasteiger charge is 2.02. The minimum Gasteiger partial charge on any atom is -0.469 e. The van der Waals surface area contributed by atoms with Gasteiger partial charge >= 0.3 is 5.97 Å². The molecule has 0 saturated carbocycles. The summed E-state index contributed by atoms with van der Waals surface area (Å²) in [7, 11) is 1.37. The second kappa shape index (κ2) is 6.74. The van der Waals surface area contributed by atoms with Crippen molar-refractivity contribution in [2.75, 3.05) is 13.7 Å². The molecule has 1 aromatic rings. The predicted molar refractivity (Wildman–Crippen MR) is 64.8 cm³/mol. The van der Waals surface area contributed by atoms with Crippen LogP contribution in [0.4, 0.5) is 0 Å². The van der Waals surface area contributed by atoms with Crippen LogP contribution in [0.25, 0.3) is 0 Å². The first kappa shape index (κ1) is 13.3. The molecule has 1 N–H and O–H groups in total. The van der Waals surface area contributed by atoms with Crippen LogP contribution in [0.15, 0.2) is 18.2 Å². The highest BCUT2D eigenvalue weighted by atomic mass is 35.5. The van der Waals surface area contributed by atoms with E-state index in [0.717, 1.165) is 5.56 Å². The van der Waals surface area contributed by atoms with Crippen molar-refractivity contribution in [1.29, 1.82) is 0 Å². The molecule has 1 rings (SSSR count). The molecule has 1 aromatic carbocycles. The molecule has 88 valence electrons. The summed E-state index contributed by atoms with van der Waals surface area (Å²) in [5, 5.41) is 4.40. The zero-order chi connectivity index (χ0) is 12.0. The molecule has 3 nitrogen and oxygen atoms in total. The van der Waals surface area contributed by atoms with E-state index in [-0.39, 0.29) is 5.97 Å². The van der Waals surface area contributed by atoms with Crippen molar-refractivity contribution in [3.8, 4) is 0 Å². The van der Waals surface area contributed by atoms with Gasteiger partial charge in [-0.25, -0.2) is 0 Å². The SMILES string of the molecule is COC(=O)CCNCc1cc(Cl)ccc1Cl. The number of carbonyl (C=O) groups excluding carboxylic acids is 1. The molecule has 0 heterocycles. The topological polar surface area (TPSA) is 38.3 Å². The molecule has 0 bridgehead atoms. The van der Waals surface area contributed by atoms with Crippen LogP contribution in [0, 0.1) is 0 Å². The fraction of sp³-hybridized carbons (Fsp3) is 0.364. The van der Waals surface area contributed by atoms with E-state index >= 15 is 0 Å². The van der Waals surface area contributed by atoms with Crippen LogP contribution >= 0.6 is 23.2 Å². The Labute approximate surface area is 105 Å². The number of rotatable bonds is 5. The van der Waals surface area contributed by atoms with Crippen molar-refractivity contribution in [1.82, 2.24) is 5.32 Å². The van der Waals surface area contributed by atoms with Crippen molar-refractivity contribution < 1.29 is 9.53 Å². The Morgan fingerprint density at radius 2 is 2.19 bits per heavy atom. The van der Waals surface area contributed by atoms with Crippen LogP contribution in [0.2, 0.25) is 10.0 Å². The summed E-state index contributed by atoms with van der Waals surface area (Å²) < 4.78 is 4.52. The van der Waals surface area contributed by atoms with Crippen LogP contribution in [-0.2, 0) is 16.1 Å². The molecule has 0 aromatic heterocycles. The zero-order valence-electron chi connectivity index (χ0n) is 8.93. The van der Waals surface area contributed by atoms with Crippen molar-refractivity contribution in [3.05, 3.63) is 33.8 Å². The first-order valence-electron chi connectivity index (χ1n) is 4.85. The molecule has 0 atom stereocenters. The summed E-state index contributed by atoms with van der Waals surface area (Å²) in [6.07, 6.45) is 0.342. The molecular weight excluding hydrogens is 249 g/mol. The predicted octanol–water partition coefficient (Wildman–Crippen LogP) is 2.65. The van der Waals surface area contributed by atoms with Gasteiger partial charge in [0.1, 0.15) is 0 Å². The van der Waals surface area contributed by atoms with E-state index < -0.39 is 0 Å². The van der Waals surface area contributed by atoms with Gasteiger partial charge in [-0.15, -0.1) is 0 Å². The molecule has 0 aliphatic rings. The van der Waals surface area contributed by atoms with Gasteiger partial charge < -0.3 is 10.1 Å². The molecular formula is C11H13Cl2NO2. The molecule has 5 heteroatoms. The van der Waals surface area contributed by atoms with E-state index in [2.05, 4.69) is 10.1 Å². The maximum Gasteiger partial charge on any atom is 0.306 e. The number of methoxy groups -OCH3 is 1. The van der Waals surface area contributed by atoms with Gasteiger partial charge in [0, 0.05) is 23.1 Å². The normalized spacial score (nSPS) is 10.2. The van der Waals surface area contributed by atoms with E-state index in [9.17, 15) is 4.79 Å². The summed E-state index contributed by atoms with van der Waals surface area (Å²) in [6.45, 7) is 1.13. The first-order chi connectivity index (χ1) is 7.63. The Hall–Kier alpha value is -0.770. The minimum atomic E-state index is -0.232. The van der Waals surface area contributed by atoms with Crippen LogP contribution in [0.5, 0.6) is 0 Å². The third kappa shape index (κ3) is 4.39. The Balaban J connectivity index is 2.37. The maximum atomic E-state index is 10.8. The van der Waals surface area contributed by atoms with Gasteiger partial charge in [-0.3, -0.25) is 4.79 Å². The van der Waals surface area contributed by atoms with Gasteiger partial charge in [-0.2, -0.15) is 0 Å². The summed E-state index contributed by atoms with van der Waals surface area (Å²) in [5.41, 5.74) is 0.916. The highest BCUT2D eigenvalue weighted by molar-refractivity contribution is 6.33. The van der Waals surface area contributed by atoms with Gasteiger partial charge in [0.15, 0.2) is 0 Å². The van der Waals surface area contributed by atoms with E-state index in [1.165, 1.54) is 7.11 Å². The molecule has 0 amide bonds. The zero-order valence-corrected chi connectivity index (χ0v) is 10.4. The van der Waals surface area contributed by atoms with Crippen molar-refractivity contribution in [2.24, 2.45) is 0 Å². The maximum absolute atomic E-state index is 10.8. The number of ether oxygens (including phenoxy) is 1. The molecule has 0 saturated heterocycles. The lowest BCUT2D eigenvalue weighted by molar-refractivity contribution is -0.140. The fourth-order valence-electron chi connectivity index (χ4n) is 1.19. The Bertz CT molecular complexity index is 369. The fourth-order valence-corrected chi connectivity index (χ4v) is 1.57. The standard InChI is InChI=1S/C11H13Cl2NO2/c1-16-11(15)4-5-14-7-8-6-9(12)2-3-10(8)13/h2-3,6,14H,4-5,7H2,1H3. The average molecular weight is 262 g/mol. The van der Waals surface area contributed by atoms with E-state index in [1.807, 2.05) is 0 Å². The van der Waals surface area contributed by atoms with Gasteiger partial charge in [-0.05, 0) is 23.8 Å². The molecule has 16 heavy (non-hydrogen) atoms. The molecule has 0 aliphatic heterocycles. The Morgan fingerprint density at radius 3 is 2.88 bits per heavy atom. The van der Waals surface area contributed by atoms with Gasteiger partial charge in [0.25, 0.3) is 0 Å². The number of nitrogens with one attached hydrogen (secondary N) is 1. The largest absolute Gasteiger partial charge is 0.469 e. The minimum absolute atomic E-state index is 0.232. The molecule has 0 spiro atoms. The van der Waals surface area contributed by atoms with E-state index in [1.54, 1.807) is 18.2 Å². The lowest BCUT2D eigenvalue weighted by atomic mass is 10.2. The van der Waals surface area contributed by atoms with Gasteiger partial charge in [-0.1, -0.05) is 23.2 Å². The first-order valence-corrected chi connectivity index (χ1v) is 5.60. The summed E-state index contributed by atoms with van der Waals surface area (Å²) in [6, 6.07) is 5.29. The molecule has 0 radical (unpaired) electrons. The third-order valence-electron chi connectivity index (χ3n) is 2.06. The lowest BCUT2D eigenvalue weighted by Gasteiger charge is -2.06. The van der Waals surface area contributed by atoms with Crippen LogP contribution in [0.3, 0.4) is 0 Å². The van der Waals surface area contributed by atoms with Gasteiger partial charge in [0.05, 0.1) is 13.5 Å². The van der Waals surface area contributed by atoms with Crippen molar-refractivity contribution in [3.63, 3.8) is 0 Å². The summed E-state index contributed by atoms with van der Waals surface area (Å²) in [5.74, 6) is -0.232. The number of esters is 1. The quantitative estimate of drug-likeness (QED) is 0.654. The highest BCUT2D eigenvalue weighted by Crippen LogP contribution is 2.20. The second-order valence-electron chi connectivity index (χ2n) is 3.24. The van der Waals surface area contributed by atoms with Crippen molar-refractivity contribution >= 4 is 29.2 Å². The lowest BCUT2D eigenvalue weighted by Crippen LogP contribution is -2.18. The monoisotopic (exact) mass is 261 g/mol. The molecule has 0 unspecified atom stereocenters. The summed E-state index contributed by atoms with van der Waals surface area (Å²) in [4.78, 5) is 10.8. The average Bonchev–Trinajstić information content (AvgIpc) is 2.28. The Morgan fingerprint density at radius 1 is 1.44 bits per heavy atom. The van der Waals surface area contributed by atoms with Gasteiger partial charge in [0.2, 0.25) is 0 Å². The number of hydrogen-bond donors (Lipinski definition) is 1. The Kier molecular flexibility index (Phi) is 5.60. The number of halogens is 2. The van der Waals surface area contributed by atoms with Crippen LogP contribution in [-0.4, -0.2) is 19.6 Å². The van der Waals surface area contributed by atoms with E-state index in [4.69, 9.17) is 23.2 Å². The van der Waals surface area contributed by atoms with Crippen LogP contribution < -0.4 is 5.32 Å². The third-order valence-corrected chi connectivity index (χ3v) is 2.66.